The zero-order valence-corrected chi connectivity index (χ0v) is 39.4. The van der Waals surface area contributed by atoms with E-state index in [-0.39, 0.29) is 0 Å². The van der Waals surface area contributed by atoms with Crippen molar-refractivity contribution in [3.63, 3.8) is 0 Å². The maximum Gasteiger partial charge on any atom is 0.223 e. The van der Waals surface area contributed by atoms with Crippen LogP contribution in [0.2, 0.25) is 0 Å². The Morgan fingerprint density at radius 1 is 0.545 bits per heavy atom. The summed E-state index contributed by atoms with van der Waals surface area (Å²) >= 11 is 0. The molecule has 1 heterocycles. The van der Waals surface area contributed by atoms with Crippen molar-refractivity contribution < 1.29 is 95.2 Å². The predicted molar refractivity (Wildman–Crippen MR) is 242 cm³/mol. The van der Waals surface area contributed by atoms with E-state index in [1.807, 2.05) is 0 Å². The molecule has 15 N–H and O–H groups in total. The van der Waals surface area contributed by atoms with Gasteiger partial charge in [0.15, 0.2) is 29.3 Å². The normalized spacial score (nSPS) is 21.9. The molecule has 0 aromatic carbocycles. The Hall–Kier alpha value is -2.41. The van der Waals surface area contributed by atoms with E-state index >= 15 is 0 Å². The first kappa shape index (κ1) is 61.6. The molecule has 0 aromatic heterocycles. The molecule has 1 aliphatic heterocycles. The van der Waals surface area contributed by atoms with Crippen LogP contribution in [0.1, 0.15) is 155 Å². The minimum atomic E-state index is -2.42. The van der Waals surface area contributed by atoms with Crippen LogP contribution in [0.3, 0.4) is 0 Å². The standard InChI is InChI=1S/C46H87NO19/c1-3-5-7-9-11-13-15-17-19-21-31(22-20-18-16-14-12-10-8-6-4-2)42(60)47-46(28-63-43(61)39(57)35(53)32(51)23-25-48,29-64-44(62)40(58)36(54)33(52)24-26-49)30-65-45-41(59)38(56)37(55)34(27-50)66-45/h31-34,37-38,41,43-45,48-59,61-62H,3-30H2,1-2H3,(H,47,60)/b39-35+,40-36+/t32-,33-,34?,37-,38?,41?,43+,44+,45-/m1/s1. The van der Waals surface area contributed by atoms with Gasteiger partial charge < -0.3 is 95.8 Å². The van der Waals surface area contributed by atoms with Crippen molar-refractivity contribution in [3.8, 4) is 0 Å². The molecule has 66 heavy (non-hydrogen) atoms. The van der Waals surface area contributed by atoms with Crippen LogP contribution in [0, 0.1) is 5.92 Å². The zero-order chi connectivity index (χ0) is 49.5. The first-order chi connectivity index (χ1) is 31.5. The lowest BCUT2D eigenvalue weighted by Gasteiger charge is -2.42. The van der Waals surface area contributed by atoms with E-state index in [4.69, 9.17) is 18.9 Å². The van der Waals surface area contributed by atoms with E-state index in [2.05, 4.69) is 19.2 Å². The number of ether oxygens (including phenoxy) is 4. The van der Waals surface area contributed by atoms with Crippen LogP contribution in [0.15, 0.2) is 23.0 Å². The molecule has 0 spiro atoms. The lowest BCUT2D eigenvalue weighted by Crippen LogP contribution is -2.63. The average Bonchev–Trinajstić information content (AvgIpc) is 3.31. The van der Waals surface area contributed by atoms with Crippen molar-refractivity contribution in [2.75, 3.05) is 39.6 Å². The van der Waals surface area contributed by atoms with Crippen molar-refractivity contribution in [2.24, 2.45) is 5.92 Å². The number of nitrogens with one attached hydrogen (secondary N) is 1. The second-order valence-electron chi connectivity index (χ2n) is 17.6. The maximum atomic E-state index is 14.6. The van der Waals surface area contributed by atoms with Crippen LogP contribution >= 0.6 is 0 Å². The number of carbonyl (C=O) groups excluding carboxylic acids is 1. The molecular weight excluding hydrogens is 870 g/mol. The molecule has 9 atom stereocenters. The maximum absolute atomic E-state index is 14.6. The highest BCUT2D eigenvalue weighted by molar-refractivity contribution is 5.79. The quantitative estimate of drug-likeness (QED) is 0.0238. The second kappa shape index (κ2) is 35.7. The molecule has 0 saturated carbocycles. The summed E-state index contributed by atoms with van der Waals surface area (Å²) in [6, 6.07) is 0. The van der Waals surface area contributed by atoms with Gasteiger partial charge in [0.2, 0.25) is 18.5 Å². The van der Waals surface area contributed by atoms with Gasteiger partial charge >= 0.3 is 0 Å². The number of carbonyl (C=O) groups is 1. The summed E-state index contributed by atoms with van der Waals surface area (Å²) in [5, 5.41) is 147. The fraction of sp³-hybridized carbons (Fsp3) is 0.891. The summed E-state index contributed by atoms with van der Waals surface area (Å²) in [6.07, 6.45) is 1.54. The summed E-state index contributed by atoms with van der Waals surface area (Å²) < 4.78 is 22.4. The van der Waals surface area contributed by atoms with Crippen LogP contribution < -0.4 is 5.32 Å². The third kappa shape index (κ3) is 23.3. The predicted octanol–water partition coefficient (Wildman–Crippen LogP) is 2.93. The highest BCUT2D eigenvalue weighted by atomic mass is 16.7. The van der Waals surface area contributed by atoms with Gasteiger partial charge in [-0.15, -0.1) is 0 Å². The second-order valence-corrected chi connectivity index (χ2v) is 17.6. The molecule has 20 nitrogen and oxygen atoms in total. The number of unbranched alkanes of at least 4 members (excludes halogenated alkanes) is 16. The van der Waals surface area contributed by atoms with Crippen LogP contribution in [-0.4, -0.2) is 178 Å². The average molecular weight is 958 g/mol. The number of rotatable bonds is 40. The minimum Gasteiger partial charge on any atom is -0.506 e. The first-order valence-corrected chi connectivity index (χ1v) is 24.2. The summed E-state index contributed by atoms with van der Waals surface area (Å²) in [7, 11) is 0. The third-order valence-electron chi connectivity index (χ3n) is 11.9. The molecule has 1 fully saturated rings. The number of aliphatic hydroxyl groups excluding tert-OH is 14. The lowest BCUT2D eigenvalue weighted by molar-refractivity contribution is -0.306. The van der Waals surface area contributed by atoms with E-state index in [0.717, 1.165) is 77.0 Å². The topological polar surface area (TPSA) is 349 Å². The molecule has 1 amide bonds. The van der Waals surface area contributed by atoms with E-state index in [9.17, 15) is 76.3 Å². The Morgan fingerprint density at radius 3 is 1.32 bits per heavy atom. The Balaban J connectivity index is 3.66. The van der Waals surface area contributed by atoms with Gasteiger partial charge in [0.1, 0.15) is 42.2 Å². The number of amides is 1. The largest absolute Gasteiger partial charge is 0.506 e. The number of hydrogen-bond acceptors (Lipinski definition) is 19. The SMILES string of the molecule is CCCCCCCCCCCC(CCCCCCCCCCC)C(=O)NC(CO[C@@H]1OC(CO)[C@@H](O)C(O)C1O)(CO[C@H](O)/C(O)=C(\O)[C@H](O)CCO)CO[C@H](O)/C(O)=C(\O)[C@H](O)CCO. The van der Waals surface area contributed by atoms with Gasteiger partial charge in [0.05, 0.1) is 26.4 Å². The summed E-state index contributed by atoms with van der Waals surface area (Å²) in [4.78, 5) is 14.6. The molecular formula is C46H87NO19. The smallest absolute Gasteiger partial charge is 0.223 e. The molecule has 20 heteroatoms. The van der Waals surface area contributed by atoms with E-state index < -0.39 is 148 Å². The fourth-order valence-corrected chi connectivity index (χ4v) is 7.60. The molecule has 390 valence electrons. The fourth-order valence-electron chi connectivity index (χ4n) is 7.60. The molecule has 0 aromatic rings. The van der Waals surface area contributed by atoms with E-state index in [1.54, 1.807) is 0 Å². The van der Waals surface area contributed by atoms with Crippen LogP contribution in [-0.2, 0) is 23.7 Å². The summed E-state index contributed by atoms with van der Waals surface area (Å²) in [5.41, 5.74) is -2.15. The van der Waals surface area contributed by atoms with Crippen LogP contribution in [0.5, 0.6) is 0 Å². The van der Waals surface area contributed by atoms with Gasteiger partial charge in [0.25, 0.3) is 0 Å². The Kier molecular flexibility index (Phi) is 33.3. The van der Waals surface area contributed by atoms with Gasteiger partial charge in [0, 0.05) is 32.0 Å². The molecule has 0 radical (unpaired) electrons. The van der Waals surface area contributed by atoms with Gasteiger partial charge in [-0.25, -0.2) is 0 Å². The lowest BCUT2D eigenvalue weighted by atomic mass is 9.91. The van der Waals surface area contributed by atoms with Crippen molar-refractivity contribution in [1.82, 2.24) is 5.32 Å². The molecule has 1 saturated heterocycles. The van der Waals surface area contributed by atoms with E-state index in [0.29, 0.717) is 25.7 Å². The molecule has 1 aliphatic rings. The monoisotopic (exact) mass is 958 g/mol. The Morgan fingerprint density at radius 2 is 0.939 bits per heavy atom. The summed E-state index contributed by atoms with van der Waals surface area (Å²) in [5.74, 6) is -6.05. The molecule has 3 unspecified atom stereocenters. The highest BCUT2D eigenvalue weighted by Gasteiger charge is 2.46. The molecule has 1 rings (SSSR count). The van der Waals surface area contributed by atoms with Gasteiger partial charge in [-0.2, -0.15) is 0 Å². The van der Waals surface area contributed by atoms with Crippen molar-refractivity contribution in [3.05, 3.63) is 23.0 Å². The van der Waals surface area contributed by atoms with Gasteiger partial charge in [-0.1, -0.05) is 129 Å². The van der Waals surface area contributed by atoms with Gasteiger partial charge in [-0.05, 0) is 12.8 Å². The van der Waals surface area contributed by atoms with Crippen molar-refractivity contribution in [2.45, 2.75) is 216 Å². The highest BCUT2D eigenvalue weighted by Crippen LogP contribution is 2.27. The number of hydrogen-bond donors (Lipinski definition) is 15. The summed E-state index contributed by atoms with van der Waals surface area (Å²) in [6.45, 7) is -0.429. The molecule has 0 bridgehead atoms. The Bertz CT molecular complexity index is 1250. The van der Waals surface area contributed by atoms with E-state index in [1.165, 1.54) is 25.7 Å². The van der Waals surface area contributed by atoms with Crippen molar-refractivity contribution in [1.29, 1.82) is 0 Å². The third-order valence-corrected chi connectivity index (χ3v) is 11.9. The van der Waals surface area contributed by atoms with Crippen LogP contribution in [0.4, 0.5) is 0 Å². The van der Waals surface area contributed by atoms with Crippen LogP contribution in [0.25, 0.3) is 0 Å². The molecule has 0 aliphatic carbocycles. The van der Waals surface area contributed by atoms with Gasteiger partial charge in [-0.3, -0.25) is 4.79 Å². The zero-order valence-electron chi connectivity index (χ0n) is 39.4. The van der Waals surface area contributed by atoms with Crippen molar-refractivity contribution >= 4 is 5.91 Å². The minimum absolute atomic E-state index is 0.433. The Labute approximate surface area is 390 Å². The number of aliphatic hydroxyl groups is 14. The first-order valence-electron chi connectivity index (χ1n) is 24.2.